The van der Waals surface area contributed by atoms with Gasteiger partial charge in [0.1, 0.15) is 5.69 Å². The molecule has 1 heterocycles. The summed E-state index contributed by atoms with van der Waals surface area (Å²) in [6, 6.07) is 9.92. The number of carboxylic acid groups (broad SMARTS) is 1. The number of aromatic nitrogens is 1. The number of rotatable bonds is 3. The van der Waals surface area contributed by atoms with E-state index >= 15 is 0 Å². The largest absolute Gasteiger partial charge is 0.477 e. The van der Waals surface area contributed by atoms with Gasteiger partial charge in [-0.15, -0.1) is 0 Å². The van der Waals surface area contributed by atoms with Crippen molar-refractivity contribution < 1.29 is 9.90 Å². The molecule has 0 amide bonds. The zero-order valence-electron chi connectivity index (χ0n) is 9.31. The highest BCUT2D eigenvalue weighted by Gasteiger charge is 2.27. The molecular weight excluding hydrogens is 214 g/mol. The molecule has 0 radical (unpaired) electrons. The Balaban J connectivity index is 2.14. The van der Waals surface area contributed by atoms with E-state index < -0.39 is 5.97 Å². The molecule has 0 aliphatic heterocycles. The molecule has 0 bridgehead atoms. The second-order valence-corrected chi connectivity index (χ2v) is 4.43. The fourth-order valence-corrected chi connectivity index (χ4v) is 2.26. The van der Waals surface area contributed by atoms with Crippen LogP contribution in [0.3, 0.4) is 0 Å². The summed E-state index contributed by atoms with van der Waals surface area (Å²) in [5.41, 5.74) is 3.39. The molecule has 2 N–H and O–H groups in total. The number of nitrogens with one attached hydrogen (secondary N) is 1. The van der Waals surface area contributed by atoms with Crippen LogP contribution < -0.4 is 0 Å². The number of H-pyrrole nitrogens is 1. The fourth-order valence-electron chi connectivity index (χ4n) is 2.26. The van der Waals surface area contributed by atoms with Crippen LogP contribution in [0.25, 0.3) is 11.1 Å². The Hall–Kier alpha value is -2.03. The lowest BCUT2D eigenvalue weighted by atomic mass is 9.97. The first kappa shape index (κ1) is 10.1. The number of benzene rings is 1. The zero-order chi connectivity index (χ0) is 11.8. The van der Waals surface area contributed by atoms with Crippen molar-refractivity contribution in [2.24, 2.45) is 0 Å². The highest BCUT2D eigenvalue weighted by Crippen LogP contribution is 2.44. The van der Waals surface area contributed by atoms with Crippen LogP contribution in [-0.4, -0.2) is 16.1 Å². The number of hydrogen-bond donors (Lipinski definition) is 2. The molecule has 2 aromatic rings. The summed E-state index contributed by atoms with van der Waals surface area (Å²) < 4.78 is 0. The Labute approximate surface area is 99.1 Å². The molecule has 1 saturated carbocycles. The maximum Gasteiger partial charge on any atom is 0.352 e. The Morgan fingerprint density at radius 3 is 2.65 bits per heavy atom. The Kier molecular flexibility index (Phi) is 2.25. The summed E-state index contributed by atoms with van der Waals surface area (Å²) in [6.45, 7) is 0. The Bertz CT molecular complexity index is 567. The van der Waals surface area contributed by atoms with Crippen molar-refractivity contribution in [3.8, 4) is 11.1 Å². The molecule has 0 unspecified atom stereocenters. The molecule has 1 aliphatic rings. The predicted octanol–water partition coefficient (Wildman–Crippen LogP) is 3.26. The second-order valence-electron chi connectivity index (χ2n) is 4.43. The normalized spacial score (nSPS) is 14.8. The molecule has 0 saturated heterocycles. The van der Waals surface area contributed by atoms with Gasteiger partial charge in [-0.3, -0.25) is 0 Å². The van der Waals surface area contributed by atoms with Gasteiger partial charge in [-0.05, 0) is 36.0 Å². The van der Waals surface area contributed by atoms with Gasteiger partial charge in [0.25, 0.3) is 0 Å². The number of aromatic amines is 1. The van der Waals surface area contributed by atoms with E-state index in [1.165, 1.54) is 18.4 Å². The molecule has 1 aromatic heterocycles. The molecule has 0 spiro atoms. The topological polar surface area (TPSA) is 53.1 Å². The molecule has 3 heteroatoms. The van der Waals surface area contributed by atoms with Crippen molar-refractivity contribution >= 4 is 5.97 Å². The monoisotopic (exact) mass is 227 g/mol. The lowest BCUT2D eigenvalue weighted by molar-refractivity contribution is 0.0692. The summed E-state index contributed by atoms with van der Waals surface area (Å²) >= 11 is 0. The molecule has 1 fully saturated rings. The van der Waals surface area contributed by atoms with E-state index in [1.807, 2.05) is 24.3 Å². The van der Waals surface area contributed by atoms with Crippen LogP contribution in [0.1, 0.15) is 34.8 Å². The first-order chi connectivity index (χ1) is 8.27. The van der Waals surface area contributed by atoms with Gasteiger partial charge in [-0.25, -0.2) is 4.79 Å². The van der Waals surface area contributed by atoms with E-state index in [2.05, 4.69) is 11.1 Å². The lowest BCUT2D eigenvalue weighted by Crippen LogP contribution is -1.99. The molecule has 17 heavy (non-hydrogen) atoms. The second kappa shape index (κ2) is 3.77. The predicted molar refractivity (Wildman–Crippen MR) is 65.2 cm³/mol. The van der Waals surface area contributed by atoms with Gasteiger partial charge in [0.05, 0.1) is 0 Å². The smallest absolute Gasteiger partial charge is 0.352 e. The highest BCUT2D eigenvalue weighted by molar-refractivity contribution is 5.94. The van der Waals surface area contributed by atoms with Crippen LogP contribution >= 0.6 is 0 Å². The van der Waals surface area contributed by atoms with Crippen molar-refractivity contribution in [1.82, 2.24) is 4.98 Å². The first-order valence-electron chi connectivity index (χ1n) is 5.77. The fraction of sp³-hybridized carbons (Fsp3) is 0.214. The van der Waals surface area contributed by atoms with Crippen LogP contribution in [0.4, 0.5) is 0 Å². The van der Waals surface area contributed by atoms with Crippen molar-refractivity contribution in [3.05, 3.63) is 47.8 Å². The summed E-state index contributed by atoms with van der Waals surface area (Å²) in [6.07, 6.45) is 4.11. The van der Waals surface area contributed by atoms with E-state index in [0.29, 0.717) is 5.92 Å². The maximum atomic E-state index is 11.1. The van der Waals surface area contributed by atoms with Crippen LogP contribution in [-0.2, 0) is 0 Å². The van der Waals surface area contributed by atoms with Crippen molar-refractivity contribution in [2.45, 2.75) is 18.8 Å². The molecule has 1 aliphatic carbocycles. The van der Waals surface area contributed by atoms with Gasteiger partial charge in [-0.1, -0.05) is 24.3 Å². The summed E-state index contributed by atoms with van der Waals surface area (Å²) in [5.74, 6) is -0.293. The van der Waals surface area contributed by atoms with Crippen LogP contribution in [0.5, 0.6) is 0 Å². The third-order valence-corrected chi connectivity index (χ3v) is 3.23. The van der Waals surface area contributed by atoms with Gasteiger partial charge in [-0.2, -0.15) is 0 Å². The van der Waals surface area contributed by atoms with E-state index in [0.717, 1.165) is 11.1 Å². The number of carboxylic acids is 1. The lowest BCUT2D eigenvalue weighted by Gasteiger charge is -2.07. The van der Waals surface area contributed by atoms with Gasteiger partial charge in [0, 0.05) is 11.8 Å². The average molecular weight is 227 g/mol. The number of hydrogen-bond acceptors (Lipinski definition) is 1. The quantitative estimate of drug-likeness (QED) is 0.845. The van der Waals surface area contributed by atoms with Gasteiger partial charge in [0.15, 0.2) is 0 Å². The van der Waals surface area contributed by atoms with E-state index in [-0.39, 0.29) is 5.69 Å². The van der Waals surface area contributed by atoms with E-state index in [1.54, 1.807) is 6.20 Å². The SMILES string of the molecule is O=C(O)c1[nH]ccc1-c1ccccc1C1CC1. The summed E-state index contributed by atoms with van der Waals surface area (Å²) in [7, 11) is 0. The first-order valence-corrected chi connectivity index (χ1v) is 5.77. The Morgan fingerprint density at radius 2 is 1.94 bits per heavy atom. The van der Waals surface area contributed by atoms with Crippen LogP contribution in [0.2, 0.25) is 0 Å². The minimum Gasteiger partial charge on any atom is -0.477 e. The van der Waals surface area contributed by atoms with E-state index in [9.17, 15) is 4.79 Å². The third kappa shape index (κ3) is 1.73. The minimum atomic E-state index is -0.907. The summed E-state index contributed by atoms with van der Waals surface area (Å²) in [4.78, 5) is 13.9. The number of aromatic carboxylic acids is 1. The van der Waals surface area contributed by atoms with Gasteiger partial charge >= 0.3 is 5.97 Å². The molecule has 3 rings (SSSR count). The third-order valence-electron chi connectivity index (χ3n) is 3.23. The van der Waals surface area contributed by atoms with Crippen LogP contribution in [0, 0.1) is 0 Å². The molecule has 3 nitrogen and oxygen atoms in total. The zero-order valence-corrected chi connectivity index (χ0v) is 9.31. The standard InChI is InChI=1S/C14H13NO2/c16-14(17)13-12(7-8-15-13)11-4-2-1-3-10(11)9-5-6-9/h1-4,7-9,15H,5-6H2,(H,16,17). The van der Waals surface area contributed by atoms with Crippen LogP contribution in [0.15, 0.2) is 36.5 Å². The van der Waals surface area contributed by atoms with Crippen molar-refractivity contribution in [2.75, 3.05) is 0 Å². The van der Waals surface area contributed by atoms with E-state index in [4.69, 9.17) is 5.11 Å². The van der Waals surface area contributed by atoms with Crippen molar-refractivity contribution in [1.29, 1.82) is 0 Å². The number of carbonyl (C=O) groups is 1. The minimum absolute atomic E-state index is 0.276. The van der Waals surface area contributed by atoms with Gasteiger partial charge in [0.2, 0.25) is 0 Å². The average Bonchev–Trinajstić information content (AvgIpc) is 3.06. The molecule has 1 aromatic carbocycles. The molecular formula is C14H13NO2. The molecule has 86 valence electrons. The molecule has 0 atom stereocenters. The summed E-state index contributed by atoms with van der Waals surface area (Å²) in [5, 5.41) is 9.13. The maximum absolute atomic E-state index is 11.1. The Morgan fingerprint density at radius 1 is 1.18 bits per heavy atom. The highest BCUT2D eigenvalue weighted by atomic mass is 16.4. The van der Waals surface area contributed by atoms with Crippen molar-refractivity contribution in [3.63, 3.8) is 0 Å². The van der Waals surface area contributed by atoms with Gasteiger partial charge < -0.3 is 10.1 Å².